The smallest absolute Gasteiger partial charge is 0.220 e. The predicted molar refractivity (Wildman–Crippen MR) is 91.0 cm³/mol. The molecule has 0 aromatic heterocycles. The van der Waals surface area contributed by atoms with Gasteiger partial charge in [0.25, 0.3) is 0 Å². The van der Waals surface area contributed by atoms with Crippen LogP contribution in [0.3, 0.4) is 0 Å². The van der Waals surface area contributed by atoms with Crippen molar-refractivity contribution in [1.82, 2.24) is 10.6 Å². The van der Waals surface area contributed by atoms with Gasteiger partial charge in [0.15, 0.2) is 0 Å². The first-order chi connectivity index (χ1) is 10.5. The van der Waals surface area contributed by atoms with E-state index in [1.165, 1.54) is 12.1 Å². The molecule has 0 aliphatic carbocycles. The highest BCUT2D eigenvalue weighted by atomic mass is 35.5. The van der Waals surface area contributed by atoms with E-state index in [-0.39, 0.29) is 30.2 Å². The van der Waals surface area contributed by atoms with Crippen molar-refractivity contribution in [3.63, 3.8) is 0 Å². The van der Waals surface area contributed by atoms with Gasteiger partial charge in [0.1, 0.15) is 5.82 Å². The Balaban J connectivity index is 0.00000264. The summed E-state index contributed by atoms with van der Waals surface area (Å²) >= 11 is 0. The molecule has 3 atom stereocenters. The summed E-state index contributed by atoms with van der Waals surface area (Å²) in [7, 11) is 0. The minimum Gasteiger partial charge on any atom is -0.388 e. The van der Waals surface area contributed by atoms with E-state index >= 15 is 0 Å². The van der Waals surface area contributed by atoms with E-state index in [0.717, 1.165) is 25.9 Å². The zero-order valence-corrected chi connectivity index (χ0v) is 14.2. The summed E-state index contributed by atoms with van der Waals surface area (Å²) in [5.74, 6) is 0.315. The molecule has 2 rings (SSSR count). The Hall–Kier alpha value is -1.17. The van der Waals surface area contributed by atoms with Crippen molar-refractivity contribution in [2.75, 3.05) is 13.1 Å². The first-order valence-corrected chi connectivity index (χ1v) is 7.98. The molecule has 1 saturated heterocycles. The molecular weight excluding hydrogens is 319 g/mol. The van der Waals surface area contributed by atoms with Gasteiger partial charge in [-0.3, -0.25) is 4.79 Å². The molecule has 0 radical (unpaired) electrons. The van der Waals surface area contributed by atoms with Crippen LogP contribution in [-0.4, -0.2) is 30.1 Å². The van der Waals surface area contributed by atoms with Gasteiger partial charge in [0.2, 0.25) is 5.91 Å². The third-order valence-corrected chi connectivity index (χ3v) is 4.18. The highest BCUT2D eigenvalue weighted by Gasteiger charge is 2.18. The second-order valence-corrected chi connectivity index (χ2v) is 6.17. The fourth-order valence-corrected chi connectivity index (χ4v) is 2.86. The molecule has 0 spiro atoms. The van der Waals surface area contributed by atoms with Gasteiger partial charge in [-0.2, -0.15) is 0 Å². The van der Waals surface area contributed by atoms with E-state index in [1.54, 1.807) is 12.1 Å². The fourth-order valence-electron chi connectivity index (χ4n) is 2.86. The summed E-state index contributed by atoms with van der Waals surface area (Å²) in [4.78, 5) is 11.9. The number of aliphatic hydroxyl groups excluding tert-OH is 1. The molecule has 1 aromatic rings. The molecule has 1 aliphatic rings. The molecule has 4 nitrogen and oxygen atoms in total. The predicted octanol–water partition coefficient (Wildman–Crippen LogP) is 2.57. The summed E-state index contributed by atoms with van der Waals surface area (Å²) < 4.78 is 12.9. The van der Waals surface area contributed by atoms with Crippen LogP contribution in [0.15, 0.2) is 24.3 Å². The molecule has 0 bridgehead atoms. The standard InChI is InChI=1S/C17H25FN2O2.ClH/c1-12(10-16(21)14-3-5-15(18)6-4-14)20-17(22)7-2-13-8-9-19-11-13;/h3-6,12-13,16,19,21H,2,7-11H2,1H3,(H,20,22);1H. The quantitative estimate of drug-likeness (QED) is 0.712. The Morgan fingerprint density at radius 1 is 1.43 bits per heavy atom. The van der Waals surface area contributed by atoms with Crippen molar-refractivity contribution in [2.24, 2.45) is 5.92 Å². The third-order valence-electron chi connectivity index (χ3n) is 4.18. The zero-order chi connectivity index (χ0) is 15.9. The molecule has 3 unspecified atom stereocenters. The van der Waals surface area contributed by atoms with Crippen molar-refractivity contribution in [3.05, 3.63) is 35.6 Å². The number of amides is 1. The lowest BCUT2D eigenvalue weighted by Gasteiger charge is -2.18. The number of benzene rings is 1. The molecule has 1 heterocycles. The Kier molecular flexibility index (Phi) is 8.52. The molecule has 1 aliphatic heterocycles. The Morgan fingerprint density at radius 2 is 2.13 bits per heavy atom. The molecule has 1 aromatic carbocycles. The van der Waals surface area contributed by atoms with Crippen LogP contribution in [0.5, 0.6) is 0 Å². The lowest BCUT2D eigenvalue weighted by molar-refractivity contribution is -0.122. The topological polar surface area (TPSA) is 61.4 Å². The highest BCUT2D eigenvalue weighted by Crippen LogP contribution is 2.19. The minimum atomic E-state index is -0.699. The van der Waals surface area contributed by atoms with Crippen LogP contribution in [0.25, 0.3) is 0 Å². The van der Waals surface area contributed by atoms with Crippen molar-refractivity contribution >= 4 is 18.3 Å². The van der Waals surface area contributed by atoms with E-state index < -0.39 is 6.10 Å². The molecule has 1 amide bonds. The fraction of sp³-hybridized carbons (Fsp3) is 0.588. The lowest BCUT2D eigenvalue weighted by atomic mass is 10.0. The summed E-state index contributed by atoms with van der Waals surface area (Å²) in [5.41, 5.74) is 0.666. The van der Waals surface area contributed by atoms with Crippen LogP contribution in [0.2, 0.25) is 0 Å². The Morgan fingerprint density at radius 3 is 2.74 bits per heavy atom. The third kappa shape index (κ3) is 6.85. The second-order valence-electron chi connectivity index (χ2n) is 6.17. The van der Waals surface area contributed by atoms with Gasteiger partial charge in [-0.15, -0.1) is 12.4 Å². The molecular formula is C17H26ClFN2O2. The number of halogens is 2. The number of carbonyl (C=O) groups excluding carboxylic acids is 1. The van der Waals surface area contributed by atoms with Crippen molar-refractivity contribution in [1.29, 1.82) is 0 Å². The van der Waals surface area contributed by atoms with E-state index in [0.29, 0.717) is 24.3 Å². The SMILES string of the molecule is CC(CC(O)c1ccc(F)cc1)NC(=O)CCC1CCNC1.Cl. The van der Waals surface area contributed by atoms with Crippen LogP contribution in [0, 0.1) is 11.7 Å². The van der Waals surface area contributed by atoms with Crippen molar-refractivity contribution < 1.29 is 14.3 Å². The molecule has 3 N–H and O–H groups in total. The zero-order valence-electron chi connectivity index (χ0n) is 13.4. The monoisotopic (exact) mass is 344 g/mol. The summed E-state index contributed by atoms with van der Waals surface area (Å²) in [6.45, 7) is 3.93. The number of hydrogen-bond acceptors (Lipinski definition) is 3. The van der Waals surface area contributed by atoms with Gasteiger partial charge >= 0.3 is 0 Å². The normalized spacial score (nSPS) is 19.7. The van der Waals surface area contributed by atoms with Crippen LogP contribution in [0.1, 0.15) is 44.3 Å². The number of hydrogen-bond donors (Lipinski definition) is 3. The second kappa shape index (κ2) is 9.85. The van der Waals surface area contributed by atoms with Gasteiger partial charge < -0.3 is 15.7 Å². The van der Waals surface area contributed by atoms with Gasteiger partial charge in [-0.25, -0.2) is 4.39 Å². The molecule has 23 heavy (non-hydrogen) atoms. The average Bonchev–Trinajstić information content (AvgIpc) is 2.99. The molecule has 0 saturated carbocycles. The van der Waals surface area contributed by atoms with Crippen LogP contribution in [0.4, 0.5) is 4.39 Å². The largest absolute Gasteiger partial charge is 0.388 e. The van der Waals surface area contributed by atoms with Gasteiger partial charge in [0, 0.05) is 12.5 Å². The van der Waals surface area contributed by atoms with Crippen molar-refractivity contribution in [2.45, 2.75) is 44.8 Å². The van der Waals surface area contributed by atoms with Gasteiger partial charge in [-0.05, 0) is 62.9 Å². The summed E-state index contributed by atoms with van der Waals surface area (Å²) in [5, 5.41) is 16.3. The van der Waals surface area contributed by atoms with Crippen LogP contribution in [-0.2, 0) is 4.79 Å². The minimum absolute atomic E-state index is 0. The number of carbonyl (C=O) groups is 1. The lowest BCUT2D eigenvalue weighted by Crippen LogP contribution is -2.34. The van der Waals surface area contributed by atoms with Crippen LogP contribution >= 0.6 is 12.4 Å². The van der Waals surface area contributed by atoms with E-state index in [2.05, 4.69) is 10.6 Å². The van der Waals surface area contributed by atoms with Crippen molar-refractivity contribution in [3.8, 4) is 0 Å². The summed E-state index contributed by atoms with van der Waals surface area (Å²) in [6, 6.07) is 5.69. The maximum absolute atomic E-state index is 12.9. The number of nitrogens with one attached hydrogen (secondary N) is 2. The molecule has 6 heteroatoms. The maximum Gasteiger partial charge on any atom is 0.220 e. The molecule has 1 fully saturated rings. The van der Waals surface area contributed by atoms with Crippen LogP contribution < -0.4 is 10.6 Å². The van der Waals surface area contributed by atoms with Gasteiger partial charge in [-0.1, -0.05) is 12.1 Å². The van der Waals surface area contributed by atoms with E-state index in [1.807, 2.05) is 6.92 Å². The average molecular weight is 345 g/mol. The Bertz CT molecular complexity index is 478. The van der Waals surface area contributed by atoms with Gasteiger partial charge in [0.05, 0.1) is 6.10 Å². The summed E-state index contributed by atoms with van der Waals surface area (Å²) in [6.07, 6.45) is 2.30. The van der Waals surface area contributed by atoms with E-state index in [9.17, 15) is 14.3 Å². The van der Waals surface area contributed by atoms with E-state index in [4.69, 9.17) is 0 Å². The first kappa shape index (κ1) is 19.9. The first-order valence-electron chi connectivity index (χ1n) is 7.98. The maximum atomic E-state index is 12.9. The Labute approximate surface area is 143 Å². The highest BCUT2D eigenvalue weighted by molar-refractivity contribution is 5.85. The molecule has 130 valence electrons. The number of aliphatic hydroxyl groups is 1. The number of rotatable bonds is 7.